The van der Waals surface area contributed by atoms with Crippen molar-refractivity contribution < 1.29 is 69.7 Å². The maximum absolute atomic E-state index is 12.3. The van der Waals surface area contributed by atoms with Gasteiger partial charge in [0, 0.05) is 11.0 Å². The van der Waals surface area contributed by atoms with Crippen LogP contribution in [0, 0.1) is 50.7 Å². The maximum Gasteiger partial charge on any atom is 0.330 e. The van der Waals surface area contributed by atoms with Crippen molar-refractivity contribution in [3.63, 3.8) is 0 Å². The summed E-state index contributed by atoms with van der Waals surface area (Å²) in [5, 5.41) is 95.0. The average molecular weight is 797 g/mol. The molecule has 5 saturated carbocycles. The number of aliphatic hydroxyl groups excluding tert-OH is 8. The lowest BCUT2D eigenvalue weighted by Gasteiger charge is -2.65. The van der Waals surface area contributed by atoms with E-state index in [1.165, 1.54) is 0 Å². The van der Waals surface area contributed by atoms with E-state index >= 15 is 0 Å². The zero-order chi connectivity index (χ0) is 40.9. The van der Waals surface area contributed by atoms with Crippen LogP contribution in [0.3, 0.4) is 0 Å². The van der Waals surface area contributed by atoms with Crippen LogP contribution < -0.4 is 0 Å². The highest BCUT2D eigenvalue weighted by Gasteiger charge is 2.83. The highest BCUT2D eigenvalue weighted by Crippen LogP contribution is 2.89. The van der Waals surface area contributed by atoms with Gasteiger partial charge in [0.25, 0.3) is 0 Å². The topological polar surface area (TPSA) is 236 Å². The predicted molar refractivity (Wildman–Crippen MR) is 199 cm³/mol. The van der Waals surface area contributed by atoms with E-state index in [0.717, 1.165) is 51.4 Å². The number of hydrogen-bond donors (Lipinski definition) is 9. The number of aliphatic carboxylic acids is 1. The van der Waals surface area contributed by atoms with Gasteiger partial charge in [-0.05, 0) is 116 Å². The Morgan fingerprint density at radius 3 is 2.07 bits per heavy atom. The van der Waals surface area contributed by atoms with E-state index in [1.807, 2.05) is 6.08 Å². The van der Waals surface area contributed by atoms with Gasteiger partial charge in [0.1, 0.15) is 48.8 Å². The number of allylic oxidation sites excluding steroid dienone is 1. The summed E-state index contributed by atoms with van der Waals surface area (Å²) in [6.45, 7) is 11.9. The minimum Gasteiger partial charge on any atom is -0.478 e. The second-order valence-electron chi connectivity index (χ2n) is 20.0. The van der Waals surface area contributed by atoms with Crippen LogP contribution in [-0.4, -0.2) is 139 Å². The molecule has 2 saturated heterocycles. The fourth-order valence-electron chi connectivity index (χ4n) is 14.3. The summed E-state index contributed by atoms with van der Waals surface area (Å²) in [6.07, 6.45) is -4.68. The smallest absolute Gasteiger partial charge is 0.330 e. The van der Waals surface area contributed by atoms with Crippen LogP contribution in [0.15, 0.2) is 11.6 Å². The first-order valence-electron chi connectivity index (χ1n) is 21.1. The molecule has 0 amide bonds. The Bertz CT molecular complexity index is 1490. The lowest BCUT2D eigenvalue weighted by atomic mass is 9.41. The SMILES string of the molecule is C/C(=C\CC[C@@H](C)[C@H]1CC[C@@]2(C)[C@@H]3CC[C@@H]4C(C)(C)[C@@H](O[C@@H]5O[C@@H](CO)[C@H](O[C@H]6O[C@H](CO)[C@H](O)[C@@H](O)[C@H]6O)[C@@H](O)[C@@H]5O)CC[C@@]45C[C@@]35C[C@H](O)[C@]12C)C(=O)O. The van der Waals surface area contributed by atoms with Crippen molar-refractivity contribution in [3.8, 4) is 0 Å². The van der Waals surface area contributed by atoms with E-state index in [0.29, 0.717) is 42.1 Å². The van der Waals surface area contributed by atoms with Crippen LogP contribution in [0.25, 0.3) is 0 Å². The molecule has 14 heteroatoms. The van der Waals surface area contributed by atoms with Gasteiger partial charge in [0.15, 0.2) is 12.6 Å². The number of carboxylic acids is 1. The quantitative estimate of drug-likeness (QED) is 0.107. The van der Waals surface area contributed by atoms with Crippen molar-refractivity contribution in [2.24, 2.45) is 50.7 Å². The third-order valence-electron chi connectivity index (χ3n) is 17.5. The van der Waals surface area contributed by atoms with Crippen molar-refractivity contribution in [1.82, 2.24) is 0 Å². The first kappa shape index (κ1) is 42.8. The van der Waals surface area contributed by atoms with Gasteiger partial charge >= 0.3 is 5.97 Å². The number of fused-ring (bicyclic) bond motifs is 2. The van der Waals surface area contributed by atoms with Crippen molar-refractivity contribution in [2.75, 3.05) is 13.2 Å². The van der Waals surface area contributed by atoms with Gasteiger partial charge < -0.3 is 64.9 Å². The highest BCUT2D eigenvalue weighted by atomic mass is 16.7. The second kappa shape index (κ2) is 15.0. The number of carbonyl (C=O) groups is 1. The number of hydrogen-bond acceptors (Lipinski definition) is 13. The molecule has 56 heavy (non-hydrogen) atoms. The fraction of sp³-hybridized carbons (Fsp3) is 0.929. The largest absolute Gasteiger partial charge is 0.478 e. The monoisotopic (exact) mass is 796 g/mol. The molecule has 0 aromatic rings. The summed E-state index contributed by atoms with van der Waals surface area (Å²) in [5.41, 5.74) is -0.119. The molecular formula is C42H68O14. The molecule has 7 rings (SSSR count). The Labute approximate surface area is 330 Å². The molecule has 0 unspecified atom stereocenters. The van der Waals surface area contributed by atoms with Crippen molar-refractivity contribution in [3.05, 3.63) is 11.6 Å². The third-order valence-corrected chi connectivity index (χ3v) is 17.5. The molecule has 9 N–H and O–H groups in total. The second-order valence-corrected chi connectivity index (χ2v) is 20.0. The minimum atomic E-state index is -1.74. The fourth-order valence-corrected chi connectivity index (χ4v) is 14.3. The molecule has 0 aromatic heterocycles. The van der Waals surface area contributed by atoms with Crippen molar-refractivity contribution >= 4 is 5.97 Å². The van der Waals surface area contributed by atoms with Crippen LogP contribution in [0.1, 0.15) is 106 Å². The van der Waals surface area contributed by atoms with Gasteiger partial charge in [-0.1, -0.05) is 40.7 Å². The van der Waals surface area contributed by atoms with Crippen LogP contribution in [0.2, 0.25) is 0 Å². The van der Waals surface area contributed by atoms with E-state index < -0.39 is 86.7 Å². The molecule has 320 valence electrons. The minimum absolute atomic E-state index is 0.0217. The van der Waals surface area contributed by atoms with E-state index in [2.05, 4.69) is 34.6 Å². The van der Waals surface area contributed by atoms with Gasteiger partial charge in [-0.2, -0.15) is 0 Å². The van der Waals surface area contributed by atoms with Crippen molar-refractivity contribution in [2.45, 2.75) is 179 Å². The van der Waals surface area contributed by atoms with Crippen LogP contribution >= 0.6 is 0 Å². The molecular weight excluding hydrogens is 728 g/mol. The lowest BCUT2D eigenvalue weighted by Crippen LogP contribution is -2.65. The Hall–Kier alpha value is -1.27. The Morgan fingerprint density at radius 2 is 1.41 bits per heavy atom. The summed E-state index contributed by atoms with van der Waals surface area (Å²) in [7, 11) is 0. The summed E-state index contributed by atoms with van der Waals surface area (Å²) in [5.74, 6) is 0.619. The number of aliphatic hydroxyl groups is 8. The van der Waals surface area contributed by atoms with Gasteiger partial charge in [-0.25, -0.2) is 4.79 Å². The molecule has 0 aromatic carbocycles. The average Bonchev–Trinajstić information content (AvgIpc) is 3.72. The van der Waals surface area contributed by atoms with Gasteiger partial charge in [0.2, 0.25) is 0 Å². The van der Waals surface area contributed by atoms with Crippen molar-refractivity contribution in [1.29, 1.82) is 0 Å². The molecule has 0 radical (unpaired) electrons. The van der Waals surface area contributed by atoms with Crippen LogP contribution in [-0.2, 0) is 23.7 Å². The summed E-state index contributed by atoms with van der Waals surface area (Å²) < 4.78 is 23.8. The number of carboxylic acid groups (broad SMARTS) is 1. The molecule has 2 aliphatic heterocycles. The molecule has 2 spiro atoms. The van der Waals surface area contributed by atoms with E-state index in [4.69, 9.17) is 18.9 Å². The van der Waals surface area contributed by atoms with E-state index in [-0.39, 0.29) is 33.2 Å². The predicted octanol–water partition coefficient (Wildman–Crippen LogP) is 1.85. The zero-order valence-electron chi connectivity index (χ0n) is 33.9. The van der Waals surface area contributed by atoms with E-state index in [1.54, 1.807) is 6.92 Å². The van der Waals surface area contributed by atoms with Gasteiger partial charge in [-0.3, -0.25) is 0 Å². The normalized spacial score (nSPS) is 53.0. The highest BCUT2D eigenvalue weighted by molar-refractivity contribution is 5.85. The molecule has 20 atom stereocenters. The number of ether oxygens (including phenoxy) is 4. The van der Waals surface area contributed by atoms with E-state index in [9.17, 15) is 50.8 Å². The molecule has 14 nitrogen and oxygen atoms in total. The van der Waals surface area contributed by atoms with Gasteiger partial charge in [-0.15, -0.1) is 0 Å². The number of rotatable bonds is 11. The zero-order valence-corrected chi connectivity index (χ0v) is 33.9. The lowest BCUT2D eigenvalue weighted by molar-refractivity contribution is -0.367. The standard InChI is InChI=1S/C42H68O14/c1-20(8-7-9-21(2)35(51)52)22-12-14-39(5)26-11-10-25-38(3,4)28(13-15-41(25)19-42(26,41)16-27(45)40(22,39)6)55-36-33(50)31(48)34(24(18-44)54-36)56-37-32(49)30(47)29(46)23(17-43)53-37/h9,20,22-34,36-37,43-50H,7-8,10-19H2,1-6H3,(H,51,52)/b21-9+/t20-,22-,23-,24+,25-,26+,27+,28+,29+,30-,31+,32-,33+,34+,36+,37-,39+,40+,41-,42+/m1/s1. The molecule has 2 heterocycles. The van der Waals surface area contributed by atoms with Crippen LogP contribution in [0.4, 0.5) is 0 Å². The molecule has 7 aliphatic rings. The van der Waals surface area contributed by atoms with Crippen LogP contribution in [0.5, 0.6) is 0 Å². The molecule has 7 fully saturated rings. The molecule has 0 bridgehead atoms. The maximum atomic E-state index is 12.3. The first-order valence-corrected chi connectivity index (χ1v) is 21.1. The first-order chi connectivity index (χ1) is 26.2. The Kier molecular flexibility index (Phi) is 11.5. The molecule has 5 aliphatic carbocycles. The Morgan fingerprint density at radius 1 is 0.786 bits per heavy atom. The summed E-state index contributed by atoms with van der Waals surface area (Å²) >= 11 is 0. The Balaban J connectivity index is 1.03. The van der Waals surface area contributed by atoms with Gasteiger partial charge in [0.05, 0.1) is 25.4 Å². The summed E-state index contributed by atoms with van der Waals surface area (Å²) in [6, 6.07) is 0. The third kappa shape index (κ3) is 6.21. The summed E-state index contributed by atoms with van der Waals surface area (Å²) in [4.78, 5) is 11.4.